The Hall–Kier alpha value is -2.12. The second-order valence-electron chi connectivity index (χ2n) is 9.03. The minimum absolute atomic E-state index is 0.667. The average molecular weight is 417 g/mol. The van der Waals surface area contributed by atoms with Gasteiger partial charge in [-0.25, -0.2) is 0 Å². The van der Waals surface area contributed by atoms with Gasteiger partial charge in [0.15, 0.2) is 0 Å². The molecule has 0 heterocycles. The Bertz CT molecular complexity index is 789. The van der Waals surface area contributed by atoms with Crippen LogP contribution in [0.3, 0.4) is 0 Å². The number of hydrogen-bond donors (Lipinski definition) is 0. The topological polar surface area (TPSA) is 9.23 Å². The molecule has 0 saturated heterocycles. The molecule has 1 aliphatic rings. The number of hydrogen-bond acceptors (Lipinski definition) is 1. The third-order valence-corrected chi connectivity index (χ3v) is 6.64. The second-order valence-corrected chi connectivity index (χ2v) is 9.03. The van der Waals surface area contributed by atoms with Crippen LogP contribution in [0.1, 0.15) is 69.9 Å². The van der Waals surface area contributed by atoms with E-state index < -0.39 is 0 Å². The maximum Gasteiger partial charge on any atom is 0.0721 e. The van der Waals surface area contributed by atoms with Crippen molar-refractivity contribution >= 4 is 0 Å². The zero-order valence-electron chi connectivity index (χ0n) is 19.6. The predicted octanol–water partition coefficient (Wildman–Crippen LogP) is 8.54. The van der Waals surface area contributed by atoms with Gasteiger partial charge in [-0.2, -0.15) is 0 Å². The van der Waals surface area contributed by atoms with Crippen molar-refractivity contribution in [3.63, 3.8) is 0 Å². The molecule has 1 saturated carbocycles. The maximum atomic E-state index is 5.63. The van der Waals surface area contributed by atoms with E-state index in [-0.39, 0.29) is 0 Å². The largest absolute Gasteiger partial charge is 0.373 e. The van der Waals surface area contributed by atoms with Crippen LogP contribution in [0.15, 0.2) is 72.8 Å². The van der Waals surface area contributed by atoms with Gasteiger partial charge in [0.2, 0.25) is 0 Å². The summed E-state index contributed by atoms with van der Waals surface area (Å²) in [6.45, 7) is 5.51. The lowest BCUT2D eigenvalue weighted by Crippen LogP contribution is -2.13. The first-order valence-electron chi connectivity index (χ1n) is 12.3. The molecule has 1 aliphatic carbocycles. The summed E-state index contributed by atoms with van der Waals surface area (Å²) in [5.74, 6) is 1.83. The van der Waals surface area contributed by atoms with Crippen molar-refractivity contribution in [2.75, 3.05) is 6.61 Å². The Morgan fingerprint density at radius 1 is 0.774 bits per heavy atom. The lowest BCUT2D eigenvalue weighted by atomic mass is 9.79. The minimum atomic E-state index is 0.667. The van der Waals surface area contributed by atoms with Gasteiger partial charge < -0.3 is 4.74 Å². The molecule has 1 fully saturated rings. The number of ether oxygens (including phenoxy) is 1. The van der Waals surface area contributed by atoms with Gasteiger partial charge in [0, 0.05) is 0 Å². The third-order valence-electron chi connectivity index (χ3n) is 6.64. The summed E-state index contributed by atoms with van der Waals surface area (Å²) >= 11 is 0. The van der Waals surface area contributed by atoms with Gasteiger partial charge in [0.1, 0.15) is 0 Å². The van der Waals surface area contributed by atoms with Gasteiger partial charge >= 0.3 is 0 Å². The Kier molecular flexibility index (Phi) is 10.1. The van der Waals surface area contributed by atoms with Gasteiger partial charge in [-0.3, -0.25) is 0 Å². The smallest absolute Gasteiger partial charge is 0.0721 e. The molecule has 0 N–H and O–H groups in total. The van der Waals surface area contributed by atoms with Crippen LogP contribution < -0.4 is 0 Å². The fraction of sp³-hybridized carbons (Fsp3) is 0.467. The van der Waals surface area contributed by atoms with Crippen LogP contribution in [0.4, 0.5) is 0 Å². The van der Waals surface area contributed by atoms with Gasteiger partial charge in [-0.1, -0.05) is 85.7 Å². The molecule has 1 heteroatoms. The molecule has 0 spiro atoms. The molecule has 0 bridgehead atoms. The molecule has 2 aromatic rings. The van der Waals surface area contributed by atoms with Crippen LogP contribution in [0, 0.1) is 11.8 Å². The quantitative estimate of drug-likeness (QED) is 0.263. The highest BCUT2D eigenvalue weighted by Gasteiger charge is 2.18. The molecule has 166 valence electrons. The lowest BCUT2D eigenvalue weighted by Gasteiger charge is -2.26. The van der Waals surface area contributed by atoms with E-state index in [4.69, 9.17) is 4.74 Å². The van der Waals surface area contributed by atoms with Crippen molar-refractivity contribution < 1.29 is 4.74 Å². The standard InChI is InChI=1S/C30H40O/c1-3-5-23-31-24-28-17-21-30(22-18-28)29-19-15-27(16-20-29)10-7-6-9-26-13-11-25(8-4-2)12-14-26/h3-5,8,15-22,25-26H,6-7,9-14,23-24H2,1-2H3/b5-3+,8-4-/t25-,26-. The van der Waals surface area contributed by atoms with Crippen LogP contribution in [0.25, 0.3) is 11.1 Å². The highest BCUT2D eigenvalue weighted by molar-refractivity contribution is 5.63. The highest BCUT2D eigenvalue weighted by atomic mass is 16.5. The van der Waals surface area contributed by atoms with Gasteiger partial charge in [-0.15, -0.1) is 0 Å². The summed E-state index contributed by atoms with van der Waals surface area (Å²) in [6, 6.07) is 17.9. The van der Waals surface area contributed by atoms with Crippen molar-refractivity contribution in [2.45, 2.75) is 71.8 Å². The van der Waals surface area contributed by atoms with Crippen molar-refractivity contribution in [1.29, 1.82) is 0 Å². The van der Waals surface area contributed by atoms with Crippen molar-refractivity contribution in [1.82, 2.24) is 0 Å². The molecule has 3 rings (SSSR count). The van der Waals surface area contributed by atoms with Crippen molar-refractivity contribution in [3.05, 3.63) is 84.0 Å². The zero-order valence-corrected chi connectivity index (χ0v) is 19.6. The van der Waals surface area contributed by atoms with Crippen LogP contribution in [-0.2, 0) is 17.8 Å². The highest BCUT2D eigenvalue weighted by Crippen LogP contribution is 2.32. The minimum Gasteiger partial charge on any atom is -0.373 e. The predicted molar refractivity (Wildman–Crippen MR) is 134 cm³/mol. The molecular formula is C30H40O. The molecule has 2 aromatic carbocycles. The van der Waals surface area contributed by atoms with E-state index in [0.29, 0.717) is 13.2 Å². The fourth-order valence-electron chi connectivity index (χ4n) is 4.70. The number of rotatable bonds is 11. The van der Waals surface area contributed by atoms with Crippen LogP contribution in [-0.4, -0.2) is 6.61 Å². The fourth-order valence-corrected chi connectivity index (χ4v) is 4.70. The van der Waals surface area contributed by atoms with Crippen LogP contribution in [0.2, 0.25) is 0 Å². The van der Waals surface area contributed by atoms with Gasteiger partial charge in [-0.05, 0) is 86.5 Å². The molecule has 31 heavy (non-hydrogen) atoms. The first kappa shape index (κ1) is 23.5. The summed E-state index contributed by atoms with van der Waals surface area (Å²) in [4.78, 5) is 0. The van der Waals surface area contributed by atoms with Crippen LogP contribution in [0.5, 0.6) is 0 Å². The van der Waals surface area contributed by atoms with Crippen LogP contribution >= 0.6 is 0 Å². The summed E-state index contributed by atoms with van der Waals surface area (Å²) in [7, 11) is 0. The molecular weight excluding hydrogens is 376 g/mol. The van der Waals surface area contributed by atoms with E-state index in [1.54, 1.807) is 0 Å². The van der Waals surface area contributed by atoms with Crippen molar-refractivity contribution in [2.24, 2.45) is 11.8 Å². The third kappa shape index (κ3) is 8.15. The second kappa shape index (κ2) is 13.3. The number of unbranched alkanes of at least 4 members (excludes halogenated alkanes) is 1. The summed E-state index contributed by atoms with van der Waals surface area (Å²) in [5, 5.41) is 0. The number of aryl methyl sites for hydroxylation is 1. The Morgan fingerprint density at radius 3 is 2.03 bits per heavy atom. The maximum absolute atomic E-state index is 5.63. The van der Waals surface area contributed by atoms with E-state index >= 15 is 0 Å². The number of allylic oxidation sites excluding steroid dienone is 3. The van der Waals surface area contributed by atoms with E-state index in [9.17, 15) is 0 Å². The van der Waals surface area contributed by atoms with E-state index in [0.717, 1.165) is 11.8 Å². The molecule has 0 aliphatic heterocycles. The first-order valence-corrected chi connectivity index (χ1v) is 12.3. The van der Waals surface area contributed by atoms with E-state index in [1.807, 2.05) is 19.1 Å². The zero-order chi connectivity index (χ0) is 21.7. The molecule has 0 amide bonds. The van der Waals surface area contributed by atoms with Gasteiger partial charge in [0.25, 0.3) is 0 Å². The molecule has 0 unspecified atom stereocenters. The van der Waals surface area contributed by atoms with E-state index in [1.165, 1.54) is 73.6 Å². The van der Waals surface area contributed by atoms with Crippen molar-refractivity contribution in [3.8, 4) is 11.1 Å². The monoisotopic (exact) mass is 416 g/mol. The SMILES string of the molecule is C/C=C\[C@H]1CC[C@H](CCCCc2ccc(-c3ccc(COC/C=C/C)cc3)cc2)CC1. The lowest BCUT2D eigenvalue weighted by molar-refractivity contribution is 0.148. The Labute approximate surface area is 190 Å². The van der Waals surface area contributed by atoms with E-state index in [2.05, 4.69) is 67.6 Å². The first-order chi connectivity index (χ1) is 15.3. The molecule has 0 aromatic heterocycles. The number of benzene rings is 2. The molecule has 0 radical (unpaired) electrons. The average Bonchev–Trinajstić information content (AvgIpc) is 2.82. The Morgan fingerprint density at radius 2 is 1.42 bits per heavy atom. The molecule has 1 nitrogen and oxygen atoms in total. The summed E-state index contributed by atoms with van der Waals surface area (Å²) in [6.07, 6.45) is 19.7. The Balaban J connectivity index is 1.37. The summed E-state index contributed by atoms with van der Waals surface area (Å²) in [5.41, 5.74) is 5.26. The van der Waals surface area contributed by atoms with Gasteiger partial charge in [0.05, 0.1) is 13.2 Å². The molecule has 0 atom stereocenters. The normalized spacial score (nSPS) is 19.4. The summed E-state index contributed by atoms with van der Waals surface area (Å²) < 4.78 is 5.63.